The van der Waals surface area contributed by atoms with Crippen LogP contribution >= 0.6 is 0 Å². The van der Waals surface area contributed by atoms with Crippen molar-refractivity contribution in [2.75, 3.05) is 13.1 Å². The van der Waals surface area contributed by atoms with Gasteiger partial charge in [-0.15, -0.1) is 0 Å². The number of rotatable bonds is 1. The largest absolute Gasteiger partial charge is 0.336 e. The van der Waals surface area contributed by atoms with E-state index in [1.54, 1.807) is 4.90 Å². The summed E-state index contributed by atoms with van der Waals surface area (Å²) in [5.74, 6) is 0. The predicted octanol–water partition coefficient (Wildman–Crippen LogP) is -0.294. The highest BCUT2D eigenvalue weighted by Crippen LogP contribution is 2.09. The van der Waals surface area contributed by atoms with Gasteiger partial charge in [-0.05, 0) is 13.8 Å². The van der Waals surface area contributed by atoms with Crippen LogP contribution in [0.4, 0.5) is 4.79 Å². The second kappa shape index (κ2) is 2.12. The molecule has 0 saturated carbocycles. The van der Waals surface area contributed by atoms with E-state index < -0.39 is 5.66 Å². The Hall–Kier alpha value is -0.770. The maximum absolute atomic E-state index is 11.0. The van der Waals surface area contributed by atoms with Crippen molar-refractivity contribution in [3.63, 3.8) is 0 Å². The molecule has 1 saturated heterocycles. The van der Waals surface area contributed by atoms with Crippen molar-refractivity contribution < 1.29 is 4.79 Å². The van der Waals surface area contributed by atoms with Crippen molar-refractivity contribution in [2.24, 2.45) is 5.73 Å². The minimum Gasteiger partial charge on any atom is -0.336 e. The first-order valence-corrected chi connectivity index (χ1v) is 3.36. The first-order valence-electron chi connectivity index (χ1n) is 3.36. The summed E-state index contributed by atoms with van der Waals surface area (Å²) in [6.45, 7) is 5.05. The summed E-state index contributed by atoms with van der Waals surface area (Å²) in [5.41, 5.74) is 5.17. The molecule has 0 spiro atoms. The van der Waals surface area contributed by atoms with Crippen molar-refractivity contribution in [3.8, 4) is 0 Å². The van der Waals surface area contributed by atoms with Crippen molar-refractivity contribution in [2.45, 2.75) is 19.5 Å². The van der Waals surface area contributed by atoms with Gasteiger partial charge >= 0.3 is 6.03 Å². The van der Waals surface area contributed by atoms with Gasteiger partial charge in [0.15, 0.2) is 0 Å². The number of amides is 2. The van der Waals surface area contributed by atoms with Crippen molar-refractivity contribution in [3.05, 3.63) is 0 Å². The molecule has 1 aliphatic rings. The summed E-state index contributed by atoms with van der Waals surface area (Å²) in [6, 6.07) is -0.0625. The minimum atomic E-state index is -0.527. The van der Waals surface area contributed by atoms with E-state index in [-0.39, 0.29) is 6.03 Å². The zero-order chi connectivity index (χ0) is 7.78. The summed E-state index contributed by atoms with van der Waals surface area (Å²) in [5, 5.41) is 2.68. The Kier molecular flexibility index (Phi) is 1.56. The van der Waals surface area contributed by atoms with E-state index in [1.807, 2.05) is 13.8 Å². The molecule has 1 fully saturated rings. The first-order chi connectivity index (χ1) is 4.52. The molecule has 0 bridgehead atoms. The maximum Gasteiger partial charge on any atom is 0.318 e. The van der Waals surface area contributed by atoms with Crippen molar-refractivity contribution in [1.29, 1.82) is 0 Å². The Morgan fingerprint density at radius 3 is 2.50 bits per heavy atom. The SMILES string of the molecule is CC(C)(N)N1CCNC1=O. The lowest BCUT2D eigenvalue weighted by Gasteiger charge is -2.29. The summed E-state index contributed by atoms with van der Waals surface area (Å²) in [6.07, 6.45) is 0. The van der Waals surface area contributed by atoms with E-state index in [9.17, 15) is 4.79 Å². The molecule has 1 aliphatic heterocycles. The van der Waals surface area contributed by atoms with Gasteiger partial charge < -0.3 is 16.0 Å². The van der Waals surface area contributed by atoms with Gasteiger partial charge in [-0.2, -0.15) is 0 Å². The minimum absolute atomic E-state index is 0.0625. The van der Waals surface area contributed by atoms with E-state index >= 15 is 0 Å². The standard InChI is InChI=1S/C6H13N3O/c1-6(2,7)9-4-3-8-5(9)10/h3-4,7H2,1-2H3,(H,8,10). The Labute approximate surface area is 60.4 Å². The van der Waals surface area contributed by atoms with Gasteiger partial charge in [-0.25, -0.2) is 4.79 Å². The normalized spacial score (nSPS) is 19.5. The lowest BCUT2D eigenvalue weighted by Crippen LogP contribution is -2.52. The number of urea groups is 1. The van der Waals surface area contributed by atoms with Crippen molar-refractivity contribution >= 4 is 6.03 Å². The molecule has 0 unspecified atom stereocenters. The van der Waals surface area contributed by atoms with Crippen LogP contribution in [0.15, 0.2) is 0 Å². The molecule has 0 aromatic heterocycles. The Bertz CT molecular complexity index is 150. The van der Waals surface area contributed by atoms with E-state index in [1.165, 1.54) is 0 Å². The van der Waals surface area contributed by atoms with E-state index in [2.05, 4.69) is 5.32 Å². The predicted molar refractivity (Wildman–Crippen MR) is 38.4 cm³/mol. The lowest BCUT2D eigenvalue weighted by molar-refractivity contribution is 0.164. The number of hydrogen-bond acceptors (Lipinski definition) is 2. The number of hydrogen-bond donors (Lipinski definition) is 2. The molecule has 1 rings (SSSR count). The molecule has 0 aromatic rings. The van der Waals surface area contributed by atoms with Gasteiger partial charge in [0.1, 0.15) is 0 Å². The monoisotopic (exact) mass is 143 g/mol. The second-order valence-electron chi connectivity index (χ2n) is 3.04. The lowest BCUT2D eigenvalue weighted by atomic mass is 10.2. The average molecular weight is 143 g/mol. The van der Waals surface area contributed by atoms with E-state index in [4.69, 9.17) is 5.73 Å². The van der Waals surface area contributed by atoms with Gasteiger partial charge in [-0.1, -0.05) is 0 Å². The van der Waals surface area contributed by atoms with Gasteiger partial charge in [0.2, 0.25) is 0 Å². The Balaban J connectivity index is 2.64. The number of nitrogens with two attached hydrogens (primary N) is 1. The van der Waals surface area contributed by atoms with Crippen LogP contribution in [0.3, 0.4) is 0 Å². The average Bonchev–Trinajstić information content (AvgIpc) is 2.11. The third kappa shape index (κ3) is 1.21. The highest BCUT2D eigenvalue weighted by Gasteiger charge is 2.30. The molecule has 0 aromatic carbocycles. The van der Waals surface area contributed by atoms with Crippen molar-refractivity contribution in [1.82, 2.24) is 10.2 Å². The molecule has 4 nitrogen and oxygen atoms in total. The molecule has 2 amide bonds. The van der Waals surface area contributed by atoms with Gasteiger partial charge in [0.05, 0.1) is 5.66 Å². The third-order valence-corrected chi connectivity index (χ3v) is 1.55. The zero-order valence-corrected chi connectivity index (χ0v) is 6.35. The fraction of sp³-hybridized carbons (Fsp3) is 0.833. The number of nitrogens with zero attached hydrogens (tertiary/aromatic N) is 1. The number of carbonyl (C=O) groups excluding carboxylic acids is 1. The fourth-order valence-electron chi connectivity index (χ4n) is 1.02. The van der Waals surface area contributed by atoms with Crippen LogP contribution in [0.25, 0.3) is 0 Å². The quantitative estimate of drug-likeness (QED) is 0.529. The molecular weight excluding hydrogens is 130 g/mol. The molecule has 4 heteroatoms. The summed E-state index contributed by atoms with van der Waals surface area (Å²) in [4.78, 5) is 12.6. The zero-order valence-electron chi connectivity index (χ0n) is 6.35. The van der Waals surface area contributed by atoms with Gasteiger partial charge in [-0.3, -0.25) is 0 Å². The van der Waals surface area contributed by atoms with E-state index in [0.717, 1.165) is 0 Å². The highest BCUT2D eigenvalue weighted by atomic mass is 16.2. The topological polar surface area (TPSA) is 58.4 Å². The number of carbonyl (C=O) groups is 1. The maximum atomic E-state index is 11.0. The van der Waals surface area contributed by atoms with Crippen LogP contribution in [-0.2, 0) is 0 Å². The number of nitrogens with one attached hydrogen (secondary N) is 1. The van der Waals surface area contributed by atoms with Gasteiger partial charge in [0, 0.05) is 13.1 Å². The molecule has 3 N–H and O–H groups in total. The molecule has 0 atom stereocenters. The molecule has 58 valence electrons. The fourth-order valence-corrected chi connectivity index (χ4v) is 1.02. The van der Waals surface area contributed by atoms with Crippen LogP contribution in [0.2, 0.25) is 0 Å². The summed E-state index contributed by atoms with van der Waals surface area (Å²) < 4.78 is 0. The van der Waals surface area contributed by atoms with E-state index in [0.29, 0.717) is 13.1 Å². The smallest absolute Gasteiger partial charge is 0.318 e. The van der Waals surface area contributed by atoms with Crippen LogP contribution in [0.5, 0.6) is 0 Å². The highest BCUT2D eigenvalue weighted by molar-refractivity contribution is 5.76. The van der Waals surface area contributed by atoms with Crippen LogP contribution in [-0.4, -0.2) is 29.7 Å². The Morgan fingerprint density at radius 1 is 1.70 bits per heavy atom. The summed E-state index contributed by atoms with van der Waals surface area (Å²) >= 11 is 0. The van der Waals surface area contributed by atoms with Crippen LogP contribution < -0.4 is 11.1 Å². The molecule has 10 heavy (non-hydrogen) atoms. The molecule has 0 radical (unpaired) electrons. The van der Waals surface area contributed by atoms with Gasteiger partial charge in [0.25, 0.3) is 0 Å². The second-order valence-corrected chi connectivity index (χ2v) is 3.04. The van der Waals surface area contributed by atoms with Crippen LogP contribution in [0, 0.1) is 0 Å². The first kappa shape index (κ1) is 7.34. The molecular formula is C6H13N3O. The third-order valence-electron chi connectivity index (χ3n) is 1.55. The molecule has 0 aliphatic carbocycles. The Morgan fingerprint density at radius 2 is 2.30 bits per heavy atom. The molecule has 1 heterocycles. The summed E-state index contributed by atoms with van der Waals surface area (Å²) in [7, 11) is 0. The van der Waals surface area contributed by atoms with Crippen LogP contribution in [0.1, 0.15) is 13.8 Å².